The van der Waals surface area contributed by atoms with Crippen LogP contribution in [-0.2, 0) is 0 Å². The van der Waals surface area contributed by atoms with Gasteiger partial charge in [-0.2, -0.15) is 9.97 Å². The van der Waals surface area contributed by atoms with Gasteiger partial charge in [0.1, 0.15) is 5.75 Å². The molecule has 0 radical (unpaired) electrons. The first-order valence-electron chi connectivity index (χ1n) is 6.33. The Labute approximate surface area is 126 Å². The number of anilines is 2. The van der Waals surface area contributed by atoms with E-state index < -0.39 is 0 Å². The number of H-pyrrole nitrogens is 1. The average Bonchev–Trinajstić information content (AvgIpc) is 2.48. The summed E-state index contributed by atoms with van der Waals surface area (Å²) in [6, 6.07) is 19.3. The normalized spacial score (nSPS) is 10.1. The van der Waals surface area contributed by atoms with Crippen molar-refractivity contribution in [2.75, 3.05) is 5.32 Å². The van der Waals surface area contributed by atoms with E-state index in [9.17, 15) is 0 Å². The van der Waals surface area contributed by atoms with Gasteiger partial charge in [0.2, 0.25) is 10.7 Å². The van der Waals surface area contributed by atoms with Crippen molar-refractivity contribution in [3.05, 3.63) is 65.4 Å². The number of para-hydroxylation sites is 2. The third kappa shape index (κ3) is 3.64. The van der Waals surface area contributed by atoms with Crippen LogP contribution in [0.3, 0.4) is 0 Å². The minimum absolute atomic E-state index is 0.207. The molecule has 0 aliphatic heterocycles. The van der Waals surface area contributed by atoms with Crippen molar-refractivity contribution >= 4 is 23.9 Å². The molecule has 0 unspecified atom stereocenters. The van der Waals surface area contributed by atoms with Gasteiger partial charge in [-0.3, -0.25) is 4.98 Å². The summed E-state index contributed by atoms with van der Waals surface area (Å²) >= 11 is 5.06. The molecule has 0 saturated heterocycles. The molecule has 0 fully saturated rings. The van der Waals surface area contributed by atoms with Gasteiger partial charge in [-0.05, 0) is 36.5 Å². The van der Waals surface area contributed by atoms with E-state index in [0.29, 0.717) is 17.7 Å². The van der Waals surface area contributed by atoms with E-state index in [1.807, 2.05) is 60.7 Å². The van der Waals surface area contributed by atoms with Crippen LogP contribution in [0.2, 0.25) is 0 Å². The fourth-order valence-corrected chi connectivity index (χ4v) is 1.90. The summed E-state index contributed by atoms with van der Waals surface area (Å²) in [5.41, 5.74) is 0.896. The van der Waals surface area contributed by atoms with E-state index in [-0.39, 0.29) is 4.77 Å². The van der Waals surface area contributed by atoms with Gasteiger partial charge in [-0.25, -0.2) is 0 Å². The van der Waals surface area contributed by atoms with E-state index >= 15 is 0 Å². The lowest BCUT2D eigenvalue weighted by atomic mass is 10.3. The molecule has 0 amide bonds. The number of nitrogens with zero attached hydrogens (tertiary/aromatic N) is 2. The molecular formula is C15H12N4OS. The van der Waals surface area contributed by atoms with Gasteiger partial charge in [-0.1, -0.05) is 36.4 Å². The second-order valence-electron chi connectivity index (χ2n) is 4.19. The van der Waals surface area contributed by atoms with Crippen LogP contribution >= 0.6 is 12.2 Å². The smallest absolute Gasteiger partial charge is 0.304 e. The van der Waals surface area contributed by atoms with Crippen molar-refractivity contribution in [3.63, 3.8) is 0 Å². The first-order valence-corrected chi connectivity index (χ1v) is 6.74. The van der Waals surface area contributed by atoms with Gasteiger partial charge in [-0.15, -0.1) is 0 Å². The zero-order valence-electron chi connectivity index (χ0n) is 11.0. The zero-order chi connectivity index (χ0) is 14.5. The van der Waals surface area contributed by atoms with Gasteiger partial charge in [0, 0.05) is 5.69 Å². The summed E-state index contributed by atoms with van der Waals surface area (Å²) in [4.78, 5) is 11.1. The average molecular weight is 296 g/mol. The molecule has 0 atom stereocenters. The van der Waals surface area contributed by atoms with E-state index in [0.717, 1.165) is 5.69 Å². The highest BCUT2D eigenvalue weighted by atomic mass is 32.1. The maximum absolute atomic E-state index is 5.62. The van der Waals surface area contributed by atoms with Gasteiger partial charge in [0.15, 0.2) is 0 Å². The van der Waals surface area contributed by atoms with Crippen molar-refractivity contribution < 1.29 is 4.74 Å². The lowest BCUT2D eigenvalue weighted by molar-refractivity contribution is 0.439. The van der Waals surface area contributed by atoms with Crippen LogP contribution < -0.4 is 10.1 Å². The lowest BCUT2D eigenvalue weighted by Crippen LogP contribution is -2.01. The highest BCUT2D eigenvalue weighted by Crippen LogP contribution is 2.18. The Hall–Kier alpha value is -2.73. The Kier molecular flexibility index (Phi) is 3.88. The van der Waals surface area contributed by atoms with Gasteiger partial charge in [0.25, 0.3) is 0 Å². The summed E-state index contributed by atoms with van der Waals surface area (Å²) in [7, 11) is 0. The molecule has 2 N–H and O–H groups in total. The van der Waals surface area contributed by atoms with Crippen LogP contribution in [0.4, 0.5) is 11.6 Å². The third-order valence-electron chi connectivity index (χ3n) is 2.62. The Morgan fingerprint density at radius 3 is 2.29 bits per heavy atom. The maximum Gasteiger partial charge on any atom is 0.304 e. The molecule has 3 rings (SSSR count). The first kappa shape index (κ1) is 13.3. The summed E-state index contributed by atoms with van der Waals surface area (Å²) in [5, 5.41) is 3.12. The number of rotatable bonds is 4. The highest BCUT2D eigenvalue weighted by Gasteiger charge is 2.03. The fraction of sp³-hybridized carbons (Fsp3) is 0. The Morgan fingerprint density at radius 2 is 1.57 bits per heavy atom. The number of benzene rings is 2. The number of ether oxygens (including phenoxy) is 1. The van der Waals surface area contributed by atoms with Gasteiger partial charge < -0.3 is 10.1 Å². The molecule has 1 aromatic heterocycles. The number of aromatic nitrogens is 3. The standard InChI is InChI=1S/C15H12N4OS/c21-15-18-13(16-11-7-3-1-4-8-11)17-14(19-15)20-12-9-5-2-6-10-12/h1-10H,(H2,16,17,18,19,21). The van der Waals surface area contributed by atoms with E-state index in [4.69, 9.17) is 17.0 Å². The van der Waals surface area contributed by atoms with Crippen molar-refractivity contribution in [1.82, 2.24) is 15.0 Å². The van der Waals surface area contributed by atoms with Crippen molar-refractivity contribution in [2.45, 2.75) is 0 Å². The summed E-state index contributed by atoms with van der Waals surface area (Å²) in [6.07, 6.45) is 0. The lowest BCUT2D eigenvalue weighted by Gasteiger charge is -2.08. The Balaban J connectivity index is 1.85. The molecule has 3 aromatic rings. The highest BCUT2D eigenvalue weighted by molar-refractivity contribution is 7.71. The van der Waals surface area contributed by atoms with Crippen LogP contribution in [0.15, 0.2) is 60.7 Å². The SMILES string of the molecule is S=c1nc(Nc2ccccc2)[nH]c(Oc2ccccc2)n1. The molecule has 104 valence electrons. The first-order chi connectivity index (χ1) is 10.3. The molecule has 6 heteroatoms. The van der Waals surface area contributed by atoms with Crippen LogP contribution in [0.5, 0.6) is 11.8 Å². The van der Waals surface area contributed by atoms with Crippen molar-refractivity contribution in [2.24, 2.45) is 0 Å². The van der Waals surface area contributed by atoms with E-state index in [1.54, 1.807) is 0 Å². The van der Waals surface area contributed by atoms with E-state index in [1.165, 1.54) is 0 Å². The molecule has 2 aromatic carbocycles. The minimum atomic E-state index is 0.207. The molecule has 0 spiro atoms. The third-order valence-corrected chi connectivity index (χ3v) is 2.81. The zero-order valence-corrected chi connectivity index (χ0v) is 11.8. The Bertz CT molecular complexity index is 712. The van der Waals surface area contributed by atoms with Crippen LogP contribution in [-0.4, -0.2) is 15.0 Å². The van der Waals surface area contributed by atoms with Crippen molar-refractivity contribution in [3.8, 4) is 11.8 Å². The monoisotopic (exact) mass is 296 g/mol. The molecule has 0 aliphatic carbocycles. The molecule has 0 saturated carbocycles. The topological polar surface area (TPSA) is 62.8 Å². The number of aromatic amines is 1. The van der Waals surface area contributed by atoms with Crippen LogP contribution in [0, 0.1) is 4.77 Å². The fourth-order valence-electron chi connectivity index (χ4n) is 1.73. The number of hydrogen-bond donors (Lipinski definition) is 2. The predicted octanol–water partition coefficient (Wildman–Crippen LogP) is 4.07. The van der Waals surface area contributed by atoms with Crippen molar-refractivity contribution in [1.29, 1.82) is 0 Å². The molecule has 1 heterocycles. The molecular weight excluding hydrogens is 284 g/mol. The predicted molar refractivity (Wildman–Crippen MR) is 83.5 cm³/mol. The Morgan fingerprint density at radius 1 is 0.905 bits per heavy atom. The quantitative estimate of drug-likeness (QED) is 0.711. The summed E-state index contributed by atoms with van der Waals surface area (Å²) in [6.45, 7) is 0. The van der Waals surface area contributed by atoms with E-state index in [2.05, 4.69) is 20.3 Å². The second kappa shape index (κ2) is 6.15. The van der Waals surface area contributed by atoms with Crippen LogP contribution in [0.25, 0.3) is 0 Å². The molecule has 21 heavy (non-hydrogen) atoms. The second-order valence-corrected chi connectivity index (χ2v) is 4.56. The van der Waals surface area contributed by atoms with Crippen LogP contribution in [0.1, 0.15) is 0 Å². The minimum Gasteiger partial charge on any atom is -0.426 e. The maximum atomic E-state index is 5.62. The summed E-state index contributed by atoms with van der Waals surface area (Å²) < 4.78 is 5.83. The molecule has 0 bridgehead atoms. The van der Waals surface area contributed by atoms with Gasteiger partial charge in [0.05, 0.1) is 0 Å². The molecule has 0 aliphatic rings. The number of nitrogens with one attached hydrogen (secondary N) is 2. The summed E-state index contributed by atoms with van der Waals surface area (Å²) in [5.74, 6) is 1.15. The van der Waals surface area contributed by atoms with Gasteiger partial charge >= 0.3 is 6.01 Å². The molecule has 5 nitrogen and oxygen atoms in total. The largest absolute Gasteiger partial charge is 0.426 e. The number of hydrogen-bond acceptors (Lipinski definition) is 5.